The lowest BCUT2D eigenvalue weighted by atomic mass is 9.97. The first-order valence-electron chi connectivity index (χ1n) is 10.3. The molecular weight excluding hydrogens is 327 g/mol. The van der Waals surface area contributed by atoms with E-state index < -0.39 is 0 Å². The molecule has 148 valence electrons. The number of nitrogens with zero attached hydrogens (tertiary/aromatic N) is 2. The maximum atomic E-state index is 13.2. The number of unbranched alkanes of at least 4 members (excludes halogenated alkanes) is 1. The van der Waals surface area contributed by atoms with Crippen LogP contribution >= 0.6 is 0 Å². The number of hydrogen-bond donors (Lipinski definition) is 0. The molecule has 1 aromatic carbocycles. The van der Waals surface area contributed by atoms with Crippen LogP contribution in [0.3, 0.4) is 0 Å². The Hall–Kier alpha value is -1.42. The Morgan fingerprint density at radius 2 is 1.92 bits per heavy atom. The van der Waals surface area contributed by atoms with Crippen LogP contribution in [0.2, 0.25) is 0 Å². The van der Waals surface area contributed by atoms with Crippen LogP contribution in [-0.2, 0) is 4.74 Å². The van der Waals surface area contributed by atoms with Crippen molar-refractivity contribution in [2.24, 2.45) is 10.9 Å². The summed E-state index contributed by atoms with van der Waals surface area (Å²) in [5, 5.41) is 0. The lowest BCUT2D eigenvalue weighted by Gasteiger charge is -2.31. The van der Waals surface area contributed by atoms with Crippen LogP contribution in [0, 0.1) is 18.7 Å². The number of ether oxygens (including phenoxy) is 1. The van der Waals surface area contributed by atoms with Gasteiger partial charge in [0, 0.05) is 6.42 Å². The second-order valence-corrected chi connectivity index (χ2v) is 6.74. The molecule has 0 amide bonds. The summed E-state index contributed by atoms with van der Waals surface area (Å²) in [6, 6.07) is 4.68. The third-order valence-corrected chi connectivity index (χ3v) is 4.73. The topological polar surface area (TPSA) is 24.8 Å². The minimum atomic E-state index is -0.222. The summed E-state index contributed by atoms with van der Waals surface area (Å²) in [6.07, 6.45) is 5.73. The summed E-state index contributed by atoms with van der Waals surface area (Å²) in [5.41, 5.74) is 1.64. The molecule has 0 atom stereocenters. The van der Waals surface area contributed by atoms with E-state index in [0.717, 1.165) is 30.2 Å². The highest BCUT2D eigenvalue weighted by atomic mass is 19.1. The molecule has 0 saturated carbocycles. The van der Waals surface area contributed by atoms with Crippen LogP contribution in [0.25, 0.3) is 0 Å². The Kier molecular flexibility index (Phi) is 11.2. The number of rotatable bonds is 7. The van der Waals surface area contributed by atoms with Gasteiger partial charge in [-0.3, -0.25) is 0 Å². The van der Waals surface area contributed by atoms with Gasteiger partial charge in [-0.15, -0.1) is 0 Å². The monoisotopic (exact) mass is 364 g/mol. The van der Waals surface area contributed by atoms with E-state index >= 15 is 0 Å². The molecule has 1 saturated heterocycles. The minimum Gasteiger partial charge on any atom is -0.480 e. The quantitative estimate of drug-likeness (QED) is 0.429. The summed E-state index contributed by atoms with van der Waals surface area (Å²) in [7, 11) is 0. The van der Waals surface area contributed by atoms with Gasteiger partial charge >= 0.3 is 0 Å². The molecule has 3 nitrogen and oxygen atoms in total. The third-order valence-electron chi connectivity index (χ3n) is 4.73. The molecule has 1 aliphatic heterocycles. The molecule has 0 unspecified atom stereocenters. The van der Waals surface area contributed by atoms with Crippen LogP contribution in [0.5, 0.6) is 0 Å². The Bertz CT molecular complexity index is 537. The van der Waals surface area contributed by atoms with Crippen molar-refractivity contribution in [3.63, 3.8) is 0 Å². The van der Waals surface area contributed by atoms with Crippen molar-refractivity contribution in [1.29, 1.82) is 0 Å². The molecule has 1 aromatic rings. The van der Waals surface area contributed by atoms with E-state index in [1.807, 2.05) is 27.7 Å². The second kappa shape index (κ2) is 12.9. The highest BCUT2D eigenvalue weighted by molar-refractivity contribution is 5.79. The Balaban J connectivity index is 0.00000163. The summed E-state index contributed by atoms with van der Waals surface area (Å²) in [5.74, 6) is 1.15. The van der Waals surface area contributed by atoms with Crippen molar-refractivity contribution in [3.8, 4) is 0 Å². The fourth-order valence-electron chi connectivity index (χ4n) is 3.06. The second-order valence-electron chi connectivity index (χ2n) is 6.74. The normalized spacial score (nSPS) is 16.2. The van der Waals surface area contributed by atoms with Gasteiger partial charge in [0.05, 0.1) is 12.3 Å². The van der Waals surface area contributed by atoms with Gasteiger partial charge in [-0.1, -0.05) is 34.1 Å². The predicted molar refractivity (Wildman–Crippen MR) is 110 cm³/mol. The molecule has 0 N–H and O–H groups in total. The summed E-state index contributed by atoms with van der Waals surface area (Å²) in [6.45, 7) is 14.5. The van der Waals surface area contributed by atoms with Crippen molar-refractivity contribution >= 4 is 11.6 Å². The number of hydrogen-bond acceptors (Lipinski definition) is 3. The zero-order valence-corrected chi connectivity index (χ0v) is 17.4. The summed E-state index contributed by atoms with van der Waals surface area (Å²) >= 11 is 0. The summed E-state index contributed by atoms with van der Waals surface area (Å²) in [4.78, 5) is 7.14. The number of piperidine rings is 1. The Morgan fingerprint density at radius 1 is 1.23 bits per heavy atom. The fourth-order valence-corrected chi connectivity index (χ4v) is 3.06. The zero-order chi connectivity index (χ0) is 19.4. The van der Waals surface area contributed by atoms with Crippen LogP contribution in [0.4, 0.5) is 10.1 Å². The lowest BCUT2D eigenvalue weighted by Crippen LogP contribution is -2.35. The predicted octanol–water partition coefficient (Wildman–Crippen LogP) is 6.13. The van der Waals surface area contributed by atoms with Crippen molar-refractivity contribution in [2.45, 2.75) is 66.7 Å². The highest BCUT2D eigenvalue weighted by Gasteiger charge is 2.19. The SMILES string of the molecule is CC.CCCCN1CCC(COC(CC)=Nc2ccc(F)cc2C)CC1. The number of benzene rings is 1. The number of aryl methyl sites for hydroxylation is 1. The number of aliphatic imine (C=N–C) groups is 1. The molecule has 0 aromatic heterocycles. The first-order valence-corrected chi connectivity index (χ1v) is 10.3. The van der Waals surface area contributed by atoms with Gasteiger partial charge in [0.15, 0.2) is 5.90 Å². The number of likely N-dealkylation sites (tertiary alicyclic amines) is 1. The van der Waals surface area contributed by atoms with Crippen molar-refractivity contribution in [3.05, 3.63) is 29.6 Å². The van der Waals surface area contributed by atoms with Crippen LogP contribution < -0.4 is 0 Å². The number of halogens is 1. The molecule has 1 heterocycles. The van der Waals surface area contributed by atoms with E-state index in [2.05, 4.69) is 16.8 Å². The van der Waals surface area contributed by atoms with Crippen molar-refractivity contribution in [2.75, 3.05) is 26.2 Å². The molecule has 1 fully saturated rings. The molecule has 1 aliphatic rings. The van der Waals surface area contributed by atoms with Gasteiger partial charge in [-0.05, 0) is 75.5 Å². The molecule has 26 heavy (non-hydrogen) atoms. The van der Waals surface area contributed by atoms with E-state index in [1.165, 1.54) is 57.5 Å². The van der Waals surface area contributed by atoms with Crippen LogP contribution in [-0.4, -0.2) is 37.0 Å². The zero-order valence-electron chi connectivity index (χ0n) is 17.4. The molecule has 0 aliphatic carbocycles. The molecule has 0 bridgehead atoms. The van der Waals surface area contributed by atoms with Crippen LogP contribution in [0.15, 0.2) is 23.2 Å². The van der Waals surface area contributed by atoms with Gasteiger partial charge in [0.2, 0.25) is 0 Å². The Morgan fingerprint density at radius 3 is 2.50 bits per heavy atom. The van der Waals surface area contributed by atoms with Gasteiger partial charge in [0.1, 0.15) is 5.82 Å². The van der Waals surface area contributed by atoms with Gasteiger partial charge in [0.25, 0.3) is 0 Å². The van der Waals surface area contributed by atoms with Gasteiger partial charge in [-0.25, -0.2) is 9.38 Å². The molecule has 0 spiro atoms. The lowest BCUT2D eigenvalue weighted by molar-refractivity contribution is 0.134. The molecule has 4 heteroatoms. The molecule has 0 radical (unpaired) electrons. The van der Waals surface area contributed by atoms with Crippen molar-refractivity contribution < 1.29 is 9.13 Å². The average molecular weight is 365 g/mol. The molecule has 2 rings (SSSR count). The first kappa shape index (κ1) is 22.6. The maximum absolute atomic E-state index is 13.2. The van der Waals surface area contributed by atoms with Crippen molar-refractivity contribution in [1.82, 2.24) is 4.90 Å². The third kappa shape index (κ3) is 7.86. The Labute approximate surface area is 159 Å². The standard InChI is InChI=1S/C20H31FN2O.C2H6/c1-4-6-11-23-12-9-17(10-13-23)15-24-20(5-2)22-19-8-7-18(21)14-16(19)3;1-2/h7-8,14,17H,4-6,9-13,15H2,1-3H3;1-2H3. The van der Waals surface area contributed by atoms with Gasteiger partial charge in [-0.2, -0.15) is 0 Å². The molecular formula is C22H37FN2O. The van der Waals surface area contributed by atoms with Crippen LogP contribution in [0.1, 0.15) is 65.4 Å². The smallest absolute Gasteiger partial charge is 0.188 e. The summed E-state index contributed by atoms with van der Waals surface area (Å²) < 4.78 is 19.2. The van der Waals surface area contributed by atoms with E-state index in [0.29, 0.717) is 5.92 Å². The average Bonchev–Trinajstić information content (AvgIpc) is 2.67. The van der Waals surface area contributed by atoms with E-state index in [4.69, 9.17) is 4.74 Å². The van der Waals surface area contributed by atoms with E-state index in [1.54, 1.807) is 6.07 Å². The first-order chi connectivity index (χ1) is 12.6. The maximum Gasteiger partial charge on any atom is 0.188 e. The van der Waals surface area contributed by atoms with E-state index in [9.17, 15) is 4.39 Å². The highest BCUT2D eigenvalue weighted by Crippen LogP contribution is 2.21. The van der Waals surface area contributed by atoms with E-state index in [-0.39, 0.29) is 5.82 Å². The fraction of sp³-hybridized carbons (Fsp3) is 0.682. The largest absolute Gasteiger partial charge is 0.480 e. The minimum absolute atomic E-state index is 0.222. The van der Waals surface area contributed by atoms with Gasteiger partial charge < -0.3 is 9.64 Å².